The molecule has 0 amide bonds. The predicted octanol–water partition coefficient (Wildman–Crippen LogP) is 7.71. The average molecular weight is 447 g/mol. The highest BCUT2D eigenvalue weighted by molar-refractivity contribution is 7.48. The molecular weight excluding hydrogens is 403 g/mol. The first-order chi connectivity index (χ1) is 14.9. The van der Waals surface area contributed by atoms with Crippen LogP contribution in [0.2, 0.25) is 0 Å². The Morgan fingerprint density at radius 3 is 2.61 bits per heavy atom. The number of benzene rings is 1. The number of nitrogens with one attached hydrogen (secondary N) is 1. The van der Waals surface area contributed by atoms with Crippen molar-refractivity contribution in [3.63, 3.8) is 0 Å². The number of nitrogens with zero attached hydrogens (tertiary/aromatic N) is 1. The molecule has 4 nitrogen and oxygen atoms in total. The molecule has 0 aliphatic heterocycles. The van der Waals surface area contributed by atoms with Gasteiger partial charge in [-0.2, -0.15) is 0 Å². The summed E-state index contributed by atoms with van der Waals surface area (Å²) in [5.41, 5.74) is 3.89. The van der Waals surface area contributed by atoms with E-state index in [0.29, 0.717) is 12.0 Å². The quantitative estimate of drug-likeness (QED) is 0.146. The maximum Gasteiger partial charge on any atom is 0.245 e. The smallest absolute Gasteiger partial charge is 0.245 e. The summed E-state index contributed by atoms with van der Waals surface area (Å²) < 4.78 is 14.9. The molecule has 1 N–H and O–H groups in total. The highest BCUT2D eigenvalue weighted by Crippen LogP contribution is 2.47. The van der Waals surface area contributed by atoms with Gasteiger partial charge in [-0.15, -0.1) is 0 Å². The van der Waals surface area contributed by atoms with E-state index in [1.807, 2.05) is 0 Å². The molecule has 2 rings (SSSR count). The van der Waals surface area contributed by atoms with Crippen molar-refractivity contribution in [1.82, 2.24) is 9.76 Å². The average Bonchev–Trinajstić information content (AvgIpc) is 2.73. The van der Waals surface area contributed by atoms with Crippen molar-refractivity contribution in [2.75, 3.05) is 14.1 Å². The number of aryl methyl sites for hydroxylation is 1. The summed E-state index contributed by atoms with van der Waals surface area (Å²) in [7, 11) is 3.20. The van der Waals surface area contributed by atoms with Gasteiger partial charge in [0.1, 0.15) is 11.5 Å². The molecule has 0 heterocycles. The predicted molar refractivity (Wildman–Crippen MR) is 135 cm³/mol. The zero-order valence-corrected chi connectivity index (χ0v) is 21.4. The number of allylic oxidation sites excluding steroid dienone is 2. The van der Waals surface area contributed by atoms with Crippen molar-refractivity contribution in [2.24, 2.45) is 0 Å². The fourth-order valence-electron chi connectivity index (χ4n) is 3.94. The van der Waals surface area contributed by atoms with E-state index in [0.717, 1.165) is 30.8 Å². The zero-order valence-electron chi connectivity index (χ0n) is 20.5. The highest BCUT2D eigenvalue weighted by Gasteiger charge is 2.26. The van der Waals surface area contributed by atoms with Crippen LogP contribution < -0.4 is 14.3 Å². The zero-order chi connectivity index (χ0) is 22.8. The minimum atomic E-state index is -0.958. The van der Waals surface area contributed by atoms with Gasteiger partial charge in [0, 0.05) is 17.5 Å². The molecule has 1 aliphatic carbocycles. The number of hydrogen-bond donors (Lipinski definition) is 1. The van der Waals surface area contributed by atoms with Crippen LogP contribution in [-0.2, 0) is 6.42 Å². The van der Waals surface area contributed by atoms with Gasteiger partial charge in [0.25, 0.3) is 0 Å². The van der Waals surface area contributed by atoms with Gasteiger partial charge >= 0.3 is 0 Å². The van der Waals surface area contributed by atoms with E-state index in [1.54, 1.807) is 6.26 Å². The lowest BCUT2D eigenvalue weighted by Gasteiger charge is -2.30. The standard InChI is InChI=1S/C26H43N2O2P/c1-8-11-12-15-22-18-24(29-10-3)26(23-16-13-14-20(4)17-23)25(19-22)30-31(28(6)7)27-21(5)9-2/h10,17-19,21,23,27H,3,8-9,11-16H2,1-2,4-7H3. The van der Waals surface area contributed by atoms with Gasteiger partial charge < -0.3 is 9.26 Å². The molecule has 1 aromatic carbocycles. The summed E-state index contributed by atoms with van der Waals surface area (Å²) in [5, 5.41) is 3.67. The van der Waals surface area contributed by atoms with Crippen molar-refractivity contribution >= 4 is 8.45 Å². The van der Waals surface area contributed by atoms with E-state index in [9.17, 15) is 0 Å². The van der Waals surface area contributed by atoms with Crippen molar-refractivity contribution in [1.29, 1.82) is 0 Å². The summed E-state index contributed by atoms with van der Waals surface area (Å²) in [6.45, 7) is 12.7. The summed E-state index contributed by atoms with van der Waals surface area (Å²) in [6, 6.07) is 4.86. The van der Waals surface area contributed by atoms with E-state index in [4.69, 9.17) is 9.26 Å². The minimum Gasteiger partial charge on any atom is -0.465 e. The molecular formula is C26H43N2O2P. The Kier molecular flexibility index (Phi) is 11.1. The Balaban J connectivity index is 2.50. The van der Waals surface area contributed by atoms with Gasteiger partial charge in [0.2, 0.25) is 8.45 Å². The van der Waals surface area contributed by atoms with E-state index >= 15 is 0 Å². The monoisotopic (exact) mass is 446 g/mol. The van der Waals surface area contributed by atoms with E-state index in [2.05, 4.69) is 76.3 Å². The molecule has 1 aromatic rings. The molecule has 0 aromatic heterocycles. The number of ether oxygens (including phenoxy) is 1. The lowest BCUT2D eigenvalue weighted by Crippen LogP contribution is -2.28. The Hall–Kier alpha value is -1.35. The summed E-state index contributed by atoms with van der Waals surface area (Å²) in [4.78, 5) is 0. The molecule has 1 aliphatic rings. The first-order valence-corrected chi connectivity index (χ1v) is 13.1. The third-order valence-corrected chi connectivity index (χ3v) is 7.64. The number of unbranched alkanes of at least 4 members (excludes halogenated alkanes) is 2. The lowest BCUT2D eigenvalue weighted by molar-refractivity contribution is 0.451. The van der Waals surface area contributed by atoms with Crippen molar-refractivity contribution in [3.8, 4) is 11.5 Å². The second-order valence-corrected chi connectivity index (χ2v) is 10.7. The van der Waals surface area contributed by atoms with Gasteiger partial charge in [-0.25, -0.2) is 9.76 Å². The van der Waals surface area contributed by atoms with Gasteiger partial charge in [0.15, 0.2) is 0 Å². The first-order valence-electron chi connectivity index (χ1n) is 11.9. The maximum absolute atomic E-state index is 6.74. The minimum absolute atomic E-state index is 0.311. The second-order valence-electron chi connectivity index (χ2n) is 8.91. The van der Waals surface area contributed by atoms with Crippen LogP contribution in [0.15, 0.2) is 36.6 Å². The van der Waals surface area contributed by atoms with E-state index in [-0.39, 0.29) is 0 Å². The lowest BCUT2D eigenvalue weighted by atomic mass is 9.84. The van der Waals surface area contributed by atoms with E-state index < -0.39 is 8.45 Å². The van der Waals surface area contributed by atoms with Crippen molar-refractivity contribution in [3.05, 3.63) is 47.7 Å². The van der Waals surface area contributed by atoms with Crippen LogP contribution in [0.25, 0.3) is 0 Å². The summed E-state index contributed by atoms with van der Waals surface area (Å²) in [5.74, 6) is 2.16. The summed E-state index contributed by atoms with van der Waals surface area (Å²) >= 11 is 0. The van der Waals surface area contributed by atoms with Gasteiger partial charge in [-0.05, 0) is 84.2 Å². The van der Waals surface area contributed by atoms with Gasteiger partial charge in [-0.1, -0.05) is 44.9 Å². The summed E-state index contributed by atoms with van der Waals surface area (Å²) in [6.07, 6.45) is 13.2. The molecule has 0 saturated carbocycles. The number of rotatable bonds is 13. The Bertz CT molecular complexity index is 732. The highest BCUT2D eigenvalue weighted by atomic mass is 31.2. The molecule has 3 unspecified atom stereocenters. The van der Waals surface area contributed by atoms with Gasteiger partial charge in [-0.3, -0.25) is 0 Å². The van der Waals surface area contributed by atoms with Crippen LogP contribution in [0.1, 0.15) is 89.7 Å². The fraction of sp³-hybridized carbons (Fsp3) is 0.615. The largest absolute Gasteiger partial charge is 0.465 e. The molecule has 31 heavy (non-hydrogen) atoms. The van der Waals surface area contributed by atoms with Crippen molar-refractivity contribution < 1.29 is 9.26 Å². The second kappa shape index (κ2) is 13.3. The first kappa shape index (κ1) is 25.9. The maximum atomic E-state index is 6.74. The molecule has 0 bridgehead atoms. The molecule has 3 atom stereocenters. The Morgan fingerprint density at radius 1 is 1.26 bits per heavy atom. The SMILES string of the molecule is C=COc1cc(CCCCC)cc(OP(NC(C)CC)N(C)C)c1C1C=C(C)CCC1. The third kappa shape index (κ3) is 7.93. The van der Waals surface area contributed by atoms with Crippen LogP contribution in [0.3, 0.4) is 0 Å². The Labute approximate surface area is 192 Å². The molecule has 0 fully saturated rings. The van der Waals surface area contributed by atoms with Crippen LogP contribution in [-0.4, -0.2) is 24.8 Å². The molecule has 0 radical (unpaired) electrons. The van der Waals surface area contributed by atoms with E-state index in [1.165, 1.54) is 48.8 Å². The fourth-order valence-corrected chi connectivity index (χ4v) is 5.29. The normalized spacial score (nSPS) is 18.4. The van der Waals surface area contributed by atoms with Crippen molar-refractivity contribution in [2.45, 2.75) is 91.0 Å². The van der Waals surface area contributed by atoms with Crippen LogP contribution in [0.5, 0.6) is 11.5 Å². The van der Waals surface area contributed by atoms with Gasteiger partial charge in [0.05, 0.1) is 6.26 Å². The van der Waals surface area contributed by atoms with Crippen LogP contribution in [0.4, 0.5) is 0 Å². The topological polar surface area (TPSA) is 33.7 Å². The van der Waals surface area contributed by atoms with Crippen LogP contribution >= 0.6 is 8.45 Å². The Morgan fingerprint density at radius 2 is 2.00 bits per heavy atom. The third-order valence-electron chi connectivity index (χ3n) is 5.88. The van der Waals surface area contributed by atoms with Crippen LogP contribution in [0, 0.1) is 0 Å². The molecule has 5 heteroatoms. The number of hydrogen-bond acceptors (Lipinski definition) is 4. The molecule has 174 valence electrons. The molecule has 0 spiro atoms. The molecule has 0 saturated heterocycles.